The van der Waals surface area contributed by atoms with Gasteiger partial charge in [0.2, 0.25) is 5.91 Å². The van der Waals surface area contributed by atoms with Gasteiger partial charge in [0.25, 0.3) is 0 Å². The number of amides is 1. The maximum absolute atomic E-state index is 12.5. The van der Waals surface area contributed by atoms with Crippen molar-refractivity contribution in [2.45, 2.75) is 45.1 Å². The van der Waals surface area contributed by atoms with Crippen LogP contribution in [0.15, 0.2) is 4.99 Å². The molecule has 150 valence electrons. The molecule has 26 heavy (non-hydrogen) atoms. The lowest BCUT2D eigenvalue weighted by atomic mass is 10.1. The van der Waals surface area contributed by atoms with Gasteiger partial charge in [-0.15, -0.1) is 0 Å². The van der Waals surface area contributed by atoms with Gasteiger partial charge in [0.05, 0.1) is 5.60 Å². The number of nitrogens with zero attached hydrogens (tertiary/aromatic N) is 3. The van der Waals surface area contributed by atoms with Gasteiger partial charge in [-0.3, -0.25) is 14.7 Å². The summed E-state index contributed by atoms with van der Waals surface area (Å²) < 4.78 is 5.41. The van der Waals surface area contributed by atoms with Gasteiger partial charge in [0, 0.05) is 65.9 Å². The van der Waals surface area contributed by atoms with Crippen molar-refractivity contribution in [3.63, 3.8) is 0 Å². The lowest BCUT2D eigenvalue weighted by Crippen LogP contribution is -2.52. The van der Waals surface area contributed by atoms with Crippen molar-refractivity contribution >= 4 is 11.9 Å². The Bertz CT molecular complexity index is 467. The average molecular weight is 368 g/mol. The highest BCUT2D eigenvalue weighted by molar-refractivity contribution is 5.80. The van der Waals surface area contributed by atoms with E-state index < -0.39 is 0 Å². The van der Waals surface area contributed by atoms with Crippen LogP contribution >= 0.6 is 0 Å². The van der Waals surface area contributed by atoms with E-state index in [1.807, 2.05) is 13.8 Å². The predicted molar refractivity (Wildman–Crippen MR) is 105 cm³/mol. The normalized spacial score (nSPS) is 20.5. The highest BCUT2D eigenvalue weighted by Crippen LogP contribution is 2.26. The zero-order chi connectivity index (χ0) is 19.0. The van der Waals surface area contributed by atoms with Crippen LogP contribution in [0.2, 0.25) is 0 Å². The third-order valence-electron chi connectivity index (χ3n) is 5.57. The molecule has 0 aromatic heterocycles. The number of carbonyl (C=O) groups excluding carboxylic acids is 1. The molecule has 1 aliphatic heterocycles. The first kappa shape index (κ1) is 21.0. The molecule has 0 spiro atoms. The first-order chi connectivity index (χ1) is 12.4. The summed E-state index contributed by atoms with van der Waals surface area (Å²) >= 11 is 0. The molecule has 0 radical (unpaired) electrons. The molecule has 1 saturated heterocycles. The Morgan fingerprint density at radius 3 is 2.38 bits per heavy atom. The maximum atomic E-state index is 12.5. The summed E-state index contributed by atoms with van der Waals surface area (Å²) in [6.45, 7) is 10.2. The van der Waals surface area contributed by atoms with Crippen LogP contribution in [0.25, 0.3) is 0 Å². The highest BCUT2D eigenvalue weighted by atomic mass is 16.5. The second-order valence-electron chi connectivity index (χ2n) is 7.96. The van der Waals surface area contributed by atoms with Crippen molar-refractivity contribution in [1.29, 1.82) is 0 Å². The number of aliphatic imine (C=N–C) groups is 1. The molecule has 2 aliphatic rings. The minimum absolute atomic E-state index is 0.222. The van der Waals surface area contributed by atoms with Crippen molar-refractivity contribution in [3.05, 3.63) is 0 Å². The second-order valence-corrected chi connectivity index (χ2v) is 7.96. The SMILES string of the molecule is CN=C(NCCN1CCN(C(=O)C2CCCC2)CC1)NCC(C)(C)OC. The largest absolute Gasteiger partial charge is 0.377 e. The fourth-order valence-corrected chi connectivity index (χ4v) is 3.54. The van der Waals surface area contributed by atoms with Crippen molar-refractivity contribution < 1.29 is 9.53 Å². The summed E-state index contributed by atoms with van der Waals surface area (Å²) in [5.74, 6) is 1.49. The van der Waals surface area contributed by atoms with E-state index in [9.17, 15) is 4.79 Å². The van der Waals surface area contributed by atoms with E-state index in [1.54, 1.807) is 14.2 Å². The number of piperazine rings is 1. The molecule has 1 saturated carbocycles. The Labute approximate surface area is 158 Å². The molecule has 0 atom stereocenters. The number of carbonyl (C=O) groups is 1. The number of methoxy groups -OCH3 is 1. The summed E-state index contributed by atoms with van der Waals surface area (Å²) in [6.07, 6.45) is 4.63. The van der Waals surface area contributed by atoms with Gasteiger partial charge in [0.1, 0.15) is 0 Å². The third-order valence-corrected chi connectivity index (χ3v) is 5.57. The second kappa shape index (κ2) is 10.1. The van der Waals surface area contributed by atoms with Crippen molar-refractivity contribution in [2.24, 2.45) is 10.9 Å². The quantitative estimate of drug-likeness (QED) is 0.517. The zero-order valence-corrected chi connectivity index (χ0v) is 17.0. The molecule has 1 aliphatic carbocycles. The van der Waals surface area contributed by atoms with Gasteiger partial charge in [-0.05, 0) is 26.7 Å². The lowest BCUT2D eigenvalue weighted by Gasteiger charge is -2.36. The van der Waals surface area contributed by atoms with Gasteiger partial charge in [-0.1, -0.05) is 12.8 Å². The predicted octanol–water partition coefficient (Wildman–Crippen LogP) is 0.911. The number of nitrogens with one attached hydrogen (secondary N) is 2. The van der Waals surface area contributed by atoms with Gasteiger partial charge in [-0.25, -0.2) is 0 Å². The van der Waals surface area contributed by atoms with Crippen LogP contribution < -0.4 is 10.6 Å². The Hall–Kier alpha value is -1.34. The number of hydrogen-bond acceptors (Lipinski definition) is 4. The van der Waals surface area contributed by atoms with Crippen LogP contribution in [0.3, 0.4) is 0 Å². The molecule has 2 N–H and O–H groups in total. The molecule has 1 amide bonds. The fraction of sp³-hybridized carbons (Fsp3) is 0.895. The van der Waals surface area contributed by atoms with E-state index in [-0.39, 0.29) is 5.60 Å². The standard InChI is InChI=1S/C19H37N5O2/c1-19(2,26-4)15-22-18(20-3)21-9-10-23-11-13-24(14-12-23)17(25)16-7-5-6-8-16/h16H,5-15H2,1-4H3,(H2,20,21,22). The number of ether oxygens (including phenoxy) is 1. The smallest absolute Gasteiger partial charge is 0.225 e. The third kappa shape index (κ3) is 6.43. The zero-order valence-electron chi connectivity index (χ0n) is 17.0. The van der Waals surface area contributed by atoms with E-state index in [1.165, 1.54) is 12.8 Å². The molecular weight excluding hydrogens is 330 g/mol. The van der Waals surface area contributed by atoms with Crippen LogP contribution in [0.1, 0.15) is 39.5 Å². The van der Waals surface area contributed by atoms with E-state index in [0.29, 0.717) is 18.4 Å². The highest BCUT2D eigenvalue weighted by Gasteiger charge is 2.29. The molecule has 2 rings (SSSR count). The molecule has 7 heteroatoms. The van der Waals surface area contributed by atoms with E-state index in [2.05, 4.69) is 25.4 Å². The van der Waals surface area contributed by atoms with Crippen molar-refractivity contribution in [1.82, 2.24) is 20.4 Å². The van der Waals surface area contributed by atoms with Gasteiger partial charge in [-0.2, -0.15) is 0 Å². The summed E-state index contributed by atoms with van der Waals surface area (Å²) in [4.78, 5) is 21.2. The Morgan fingerprint density at radius 1 is 1.15 bits per heavy atom. The minimum atomic E-state index is -0.222. The lowest BCUT2D eigenvalue weighted by molar-refractivity contribution is -0.137. The molecule has 0 aromatic rings. The summed E-state index contributed by atoms with van der Waals surface area (Å²) in [7, 11) is 3.50. The van der Waals surface area contributed by atoms with E-state index in [4.69, 9.17) is 4.74 Å². The summed E-state index contributed by atoms with van der Waals surface area (Å²) in [5, 5.41) is 6.65. The molecule has 7 nitrogen and oxygen atoms in total. The van der Waals surface area contributed by atoms with Crippen molar-refractivity contribution in [3.8, 4) is 0 Å². The van der Waals surface area contributed by atoms with Crippen LogP contribution in [0.4, 0.5) is 0 Å². The Balaban J connectivity index is 1.62. The number of guanidine groups is 1. The number of hydrogen-bond donors (Lipinski definition) is 2. The Morgan fingerprint density at radius 2 is 1.81 bits per heavy atom. The summed E-state index contributed by atoms with van der Waals surface area (Å²) in [5.41, 5.74) is -0.222. The van der Waals surface area contributed by atoms with E-state index in [0.717, 1.165) is 58.1 Å². The molecule has 0 unspecified atom stereocenters. The van der Waals surface area contributed by atoms with Crippen LogP contribution in [0.5, 0.6) is 0 Å². The molecular formula is C19H37N5O2. The molecule has 2 fully saturated rings. The van der Waals surface area contributed by atoms with Gasteiger partial charge in [0.15, 0.2) is 5.96 Å². The van der Waals surface area contributed by atoms with Gasteiger partial charge < -0.3 is 20.3 Å². The van der Waals surface area contributed by atoms with Crippen molar-refractivity contribution in [2.75, 3.05) is 60.0 Å². The first-order valence-electron chi connectivity index (χ1n) is 9.96. The number of rotatable bonds is 7. The fourth-order valence-electron chi connectivity index (χ4n) is 3.54. The first-order valence-corrected chi connectivity index (χ1v) is 9.96. The Kier molecular flexibility index (Phi) is 8.15. The minimum Gasteiger partial charge on any atom is -0.377 e. The van der Waals surface area contributed by atoms with Crippen LogP contribution in [-0.4, -0.2) is 87.2 Å². The van der Waals surface area contributed by atoms with Crippen LogP contribution in [-0.2, 0) is 9.53 Å². The molecule has 0 aromatic carbocycles. The monoisotopic (exact) mass is 367 g/mol. The summed E-state index contributed by atoms with van der Waals surface area (Å²) in [6, 6.07) is 0. The molecule has 1 heterocycles. The topological polar surface area (TPSA) is 69.2 Å². The van der Waals surface area contributed by atoms with Gasteiger partial charge >= 0.3 is 0 Å². The van der Waals surface area contributed by atoms with Crippen LogP contribution in [0, 0.1) is 5.92 Å². The maximum Gasteiger partial charge on any atom is 0.225 e. The van der Waals surface area contributed by atoms with E-state index >= 15 is 0 Å². The molecule has 0 bridgehead atoms. The average Bonchev–Trinajstić information content (AvgIpc) is 3.19.